The van der Waals surface area contributed by atoms with Crippen molar-refractivity contribution in [3.05, 3.63) is 59.2 Å². The molecule has 9 heteroatoms. The molecule has 3 unspecified atom stereocenters. The maximum atomic E-state index is 14.1. The molecule has 40 heavy (non-hydrogen) atoms. The average molecular weight is 556 g/mol. The first-order chi connectivity index (χ1) is 18.7. The number of nitrogens with zero attached hydrogens (tertiary/aromatic N) is 1. The van der Waals surface area contributed by atoms with Crippen LogP contribution < -0.4 is 10.6 Å². The second-order valence-corrected chi connectivity index (χ2v) is 11.7. The predicted octanol–water partition coefficient (Wildman–Crippen LogP) is 5.23. The van der Waals surface area contributed by atoms with Gasteiger partial charge in [0, 0.05) is 17.3 Å². The number of anilines is 1. The highest BCUT2D eigenvalue weighted by Gasteiger charge is 2.40. The lowest BCUT2D eigenvalue weighted by Crippen LogP contribution is -2.56. The lowest BCUT2D eigenvalue weighted by molar-refractivity contribution is -0.144. The Hall–Kier alpha value is -3.59. The van der Waals surface area contributed by atoms with Gasteiger partial charge in [0.2, 0.25) is 5.91 Å². The summed E-state index contributed by atoms with van der Waals surface area (Å²) in [6, 6.07) is 9.17. The Kier molecular flexibility index (Phi) is 11.5. The summed E-state index contributed by atoms with van der Waals surface area (Å²) in [6.45, 7) is 13.9. The van der Waals surface area contributed by atoms with Crippen LogP contribution in [0.4, 0.5) is 10.5 Å². The van der Waals surface area contributed by atoms with E-state index in [2.05, 4.69) is 24.5 Å². The first-order valence-corrected chi connectivity index (χ1v) is 13.7. The Bertz CT molecular complexity index is 1170. The van der Waals surface area contributed by atoms with E-state index in [1.165, 1.54) is 4.90 Å². The molecule has 0 aromatic heterocycles. The van der Waals surface area contributed by atoms with Crippen LogP contribution in [0.15, 0.2) is 42.5 Å². The van der Waals surface area contributed by atoms with Crippen molar-refractivity contribution >= 4 is 23.6 Å². The molecule has 0 saturated heterocycles. The zero-order chi connectivity index (χ0) is 30.2. The summed E-state index contributed by atoms with van der Waals surface area (Å²) in [5.74, 6) is -0.981. The summed E-state index contributed by atoms with van der Waals surface area (Å²) in [6.07, 6.45) is 0.448. The smallest absolute Gasteiger partial charge is 0.408 e. The number of aromatic hydroxyl groups is 1. The number of benzene rings is 2. The van der Waals surface area contributed by atoms with Crippen LogP contribution in [-0.2, 0) is 14.3 Å². The summed E-state index contributed by atoms with van der Waals surface area (Å²) >= 11 is 0. The summed E-state index contributed by atoms with van der Waals surface area (Å²) in [5, 5.41) is 26.6. The maximum Gasteiger partial charge on any atom is 0.408 e. The van der Waals surface area contributed by atoms with E-state index < -0.39 is 48.2 Å². The van der Waals surface area contributed by atoms with E-state index in [1.807, 2.05) is 26.0 Å². The molecular formula is C31H45N3O6. The van der Waals surface area contributed by atoms with Crippen LogP contribution in [0.5, 0.6) is 5.75 Å². The fraction of sp³-hybridized carbons (Fsp3) is 0.516. The van der Waals surface area contributed by atoms with E-state index in [9.17, 15) is 24.6 Å². The standard InChI is InChI=1S/C31H45N3O6/c1-19(2)16-17-22(5)34(29(38)25(18-35)33-30(39)40-31(6,7)8)26(23-14-11-13-21(4)27(23)36)28(37)32-24-15-10-9-12-20(24)3/h9-15,19,22,25-26,35-36H,16-18H2,1-8H3,(H,32,37)(H,33,39). The SMILES string of the molecule is Cc1ccccc1NC(=O)C(c1cccc(C)c1O)N(C(=O)C(CO)NC(=O)OC(C)(C)C)C(C)CCC(C)C. The van der Waals surface area contributed by atoms with Crippen molar-refractivity contribution in [2.45, 2.75) is 92.0 Å². The molecule has 2 aromatic rings. The van der Waals surface area contributed by atoms with Crippen molar-refractivity contribution in [2.75, 3.05) is 11.9 Å². The lowest BCUT2D eigenvalue weighted by Gasteiger charge is -2.38. The predicted molar refractivity (Wildman–Crippen MR) is 156 cm³/mol. The number of alkyl carbamates (subject to hydrolysis) is 1. The number of phenolic OH excluding ortho intramolecular Hbond substituents is 1. The van der Waals surface area contributed by atoms with Gasteiger partial charge in [-0.25, -0.2) is 4.79 Å². The van der Waals surface area contributed by atoms with Crippen molar-refractivity contribution in [2.24, 2.45) is 5.92 Å². The molecule has 3 atom stereocenters. The molecule has 3 amide bonds. The van der Waals surface area contributed by atoms with Crippen LogP contribution in [0.1, 0.15) is 77.1 Å². The molecule has 220 valence electrons. The number of carbonyl (C=O) groups excluding carboxylic acids is 3. The monoisotopic (exact) mass is 555 g/mol. The number of nitrogens with one attached hydrogen (secondary N) is 2. The second-order valence-electron chi connectivity index (χ2n) is 11.7. The molecular weight excluding hydrogens is 510 g/mol. The molecule has 0 bridgehead atoms. The fourth-order valence-electron chi connectivity index (χ4n) is 4.36. The zero-order valence-electron chi connectivity index (χ0n) is 24.9. The van der Waals surface area contributed by atoms with Gasteiger partial charge in [0.25, 0.3) is 5.91 Å². The van der Waals surface area contributed by atoms with Crippen molar-refractivity contribution in [1.29, 1.82) is 0 Å². The minimum atomic E-state index is -1.38. The third-order valence-corrected chi connectivity index (χ3v) is 6.56. The Balaban J connectivity index is 2.64. The summed E-state index contributed by atoms with van der Waals surface area (Å²) in [5.41, 5.74) is 1.36. The van der Waals surface area contributed by atoms with Crippen LogP contribution in [0.3, 0.4) is 0 Å². The molecule has 2 rings (SSSR count). The van der Waals surface area contributed by atoms with Crippen LogP contribution >= 0.6 is 0 Å². The van der Waals surface area contributed by atoms with Crippen molar-refractivity contribution in [3.63, 3.8) is 0 Å². The van der Waals surface area contributed by atoms with E-state index >= 15 is 0 Å². The minimum absolute atomic E-state index is 0.109. The minimum Gasteiger partial charge on any atom is -0.507 e. The molecule has 0 aliphatic carbocycles. The molecule has 0 spiro atoms. The highest BCUT2D eigenvalue weighted by atomic mass is 16.6. The van der Waals surface area contributed by atoms with E-state index in [0.29, 0.717) is 23.6 Å². The molecule has 9 nitrogen and oxygen atoms in total. The largest absolute Gasteiger partial charge is 0.507 e. The molecule has 4 N–H and O–H groups in total. The summed E-state index contributed by atoms with van der Waals surface area (Å²) in [4.78, 5) is 42.1. The van der Waals surface area contributed by atoms with E-state index in [1.54, 1.807) is 58.0 Å². The van der Waals surface area contributed by atoms with Gasteiger partial charge in [0.1, 0.15) is 23.4 Å². The van der Waals surface area contributed by atoms with Gasteiger partial charge < -0.3 is 30.5 Å². The maximum absolute atomic E-state index is 14.1. The van der Waals surface area contributed by atoms with E-state index in [4.69, 9.17) is 4.74 Å². The molecule has 0 fully saturated rings. The van der Waals surface area contributed by atoms with Crippen LogP contribution in [0.2, 0.25) is 0 Å². The van der Waals surface area contributed by atoms with Gasteiger partial charge in [-0.3, -0.25) is 9.59 Å². The third kappa shape index (κ3) is 8.98. The van der Waals surface area contributed by atoms with Gasteiger partial charge in [-0.05, 0) is 77.5 Å². The molecule has 2 aromatic carbocycles. The number of aliphatic hydroxyl groups is 1. The Labute approximate surface area is 237 Å². The number of amides is 3. The van der Waals surface area contributed by atoms with E-state index in [-0.39, 0.29) is 11.3 Å². The third-order valence-electron chi connectivity index (χ3n) is 6.56. The summed E-state index contributed by atoms with van der Waals surface area (Å²) in [7, 11) is 0. The highest BCUT2D eigenvalue weighted by molar-refractivity contribution is 6.00. The Morgan fingerprint density at radius 2 is 1.57 bits per heavy atom. The number of carbonyl (C=O) groups is 3. The average Bonchev–Trinajstić information content (AvgIpc) is 2.86. The fourth-order valence-corrected chi connectivity index (χ4v) is 4.36. The van der Waals surface area contributed by atoms with Gasteiger partial charge in [0.15, 0.2) is 0 Å². The number of aryl methyl sites for hydroxylation is 2. The number of para-hydroxylation sites is 2. The quantitative estimate of drug-likeness (QED) is 0.301. The number of hydrogen-bond donors (Lipinski definition) is 4. The van der Waals surface area contributed by atoms with Gasteiger partial charge in [0.05, 0.1) is 6.61 Å². The normalized spacial score (nSPS) is 13.8. The molecule has 0 heterocycles. The lowest BCUT2D eigenvalue weighted by atomic mass is 9.95. The van der Waals surface area contributed by atoms with Gasteiger partial charge in [-0.15, -0.1) is 0 Å². The number of hydrogen-bond acceptors (Lipinski definition) is 6. The van der Waals surface area contributed by atoms with Crippen molar-refractivity contribution in [3.8, 4) is 5.75 Å². The van der Waals surface area contributed by atoms with Crippen LogP contribution in [0, 0.1) is 19.8 Å². The number of rotatable bonds is 11. The van der Waals surface area contributed by atoms with Crippen LogP contribution in [0.25, 0.3) is 0 Å². The molecule has 0 saturated carbocycles. The van der Waals surface area contributed by atoms with Gasteiger partial charge >= 0.3 is 6.09 Å². The first kappa shape index (κ1) is 32.6. The van der Waals surface area contributed by atoms with Gasteiger partial charge in [-0.2, -0.15) is 0 Å². The molecule has 0 aliphatic rings. The second kappa shape index (κ2) is 14.2. The number of phenols is 1. The topological polar surface area (TPSA) is 128 Å². The molecule has 0 radical (unpaired) electrons. The number of aliphatic hydroxyl groups excluding tert-OH is 1. The zero-order valence-corrected chi connectivity index (χ0v) is 24.9. The Morgan fingerprint density at radius 1 is 0.950 bits per heavy atom. The van der Waals surface area contributed by atoms with E-state index in [0.717, 1.165) is 12.0 Å². The molecule has 0 aliphatic heterocycles. The van der Waals surface area contributed by atoms with Crippen LogP contribution in [-0.4, -0.2) is 57.3 Å². The highest BCUT2D eigenvalue weighted by Crippen LogP contribution is 2.35. The number of ether oxygens (including phenoxy) is 1. The van der Waals surface area contributed by atoms with Crippen molar-refractivity contribution in [1.82, 2.24) is 10.2 Å². The van der Waals surface area contributed by atoms with Gasteiger partial charge in [-0.1, -0.05) is 50.2 Å². The summed E-state index contributed by atoms with van der Waals surface area (Å²) < 4.78 is 5.31. The van der Waals surface area contributed by atoms with Crippen molar-refractivity contribution < 1.29 is 29.3 Å². The first-order valence-electron chi connectivity index (χ1n) is 13.7. The Morgan fingerprint density at radius 3 is 2.15 bits per heavy atom.